The van der Waals surface area contributed by atoms with Gasteiger partial charge >= 0.3 is 0 Å². The topological polar surface area (TPSA) is 132 Å². The Labute approximate surface area is 223 Å². The molecule has 2 aliphatic rings. The van der Waals surface area contributed by atoms with Gasteiger partial charge in [0.15, 0.2) is 4.75 Å². The fraction of sp³-hybridized carbons (Fsp3) is 0.500. The van der Waals surface area contributed by atoms with Gasteiger partial charge in [0.1, 0.15) is 5.75 Å². The summed E-state index contributed by atoms with van der Waals surface area (Å²) in [5, 5.41) is 9.46. The second-order valence-electron chi connectivity index (χ2n) is 9.56. The van der Waals surface area contributed by atoms with Crippen LogP contribution in [0.4, 0.5) is 5.69 Å². The molecular formula is C26H35N5O6S. The van der Waals surface area contributed by atoms with Crippen LogP contribution in [0.2, 0.25) is 0 Å². The summed E-state index contributed by atoms with van der Waals surface area (Å²) in [4.78, 5) is 33.2. The molecule has 0 unspecified atom stereocenters. The summed E-state index contributed by atoms with van der Waals surface area (Å²) in [6, 6.07) is 11.0. The van der Waals surface area contributed by atoms with Crippen LogP contribution in [-0.4, -0.2) is 90.3 Å². The molecule has 206 valence electrons. The average molecular weight is 546 g/mol. The van der Waals surface area contributed by atoms with Crippen LogP contribution in [0.15, 0.2) is 48.8 Å². The zero-order valence-corrected chi connectivity index (χ0v) is 22.4. The molecule has 0 aliphatic carbocycles. The Balaban J connectivity index is 1.41. The van der Waals surface area contributed by atoms with Gasteiger partial charge in [-0.05, 0) is 55.7 Å². The molecule has 1 aromatic heterocycles. The molecule has 2 fully saturated rings. The number of piperidine rings is 1. The highest BCUT2D eigenvalue weighted by Crippen LogP contribution is 2.35. The smallest absolute Gasteiger partial charge is 0.266 e. The van der Waals surface area contributed by atoms with Crippen molar-refractivity contribution in [3.8, 4) is 5.75 Å². The lowest BCUT2D eigenvalue weighted by atomic mass is 9.94. The van der Waals surface area contributed by atoms with Crippen LogP contribution in [0, 0.1) is 0 Å². The van der Waals surface area contributed by atoms with E-state index in [9.17, 15) is 23.2 Å². The molecule has 0 radical (unpaired) electrons. The summed E-state index contributed by atoms with van der Waals surface area (Å²) in [6.07, 6.45) is 4.84. The average Bonchev–Trinajstić information content (AvgIpc) is 2.97. The maximum atomic E-state index is 13.8. The van der Waals surface area contributed by atoms with Crippen molar-refractivity contribution in [2.24, 2.45) is 0 Å². The fourth-order valence-corrected chi connectivity index (χ4v) is 7.08. The van der Waals surface area contributed by atoms with Crippen LogP contribution >= 0.6 is 0 Å². The highest BCUT2D eigenvalue weighted by molar-refractivity contribution is 7.91. The molecule has 3 heterocycles. The molecule has 0 saturated carbocycles. The number of aromatic nitrogens is 1. The molecule has 1 aromatic carbocycles. The first kappa shape index (κ1) is 27.8. The second-order valence-corrected chi connectivity index (χ2v) is 11.8. The molecule has 2 aromatic rings. The van der Waals surface area contributed by atoms with Crippen molar-refractivity contribution in [3.05, 3.63) is 54.4 Å². The number of nitrogens with zero attached hydrogens (tertiary/aromatic N) is 4. The normalized spacial score (nSPS) is 18.2. The molecule has 4 rings (SSSR count). The van der Waals surface area contributed by atoms with Crippen LogP contribution in [0.1, 0.15) is 43.0 Å². The minimum atomic E-state index is -4.13. The third-order valence-electron chi connectivity index (χ3n) is 7.32. The van der Waals surface area contributed by atoms with Crippen molar-refractivity contribution < 1.29 is 28.0 Å². The van der Waals surface area contributed by atoms with Crippen molar-refractivity contribution in [1.82, 2.24) is 19.7 Å². The first-order valence-electron chi connectivity index (χ1n) is 12.9. The quantitative estimate of drug-likeness (QED) is 0.277. The number of nitrogens with one attached hydrogen (secondary N) is 1. The van der Waals surface area contributed by atoms with E-state index in [1.54, 1.807) is 23.8 Å². The Kier molecular flexibility index (Phi) is 8.85. The summed E-state index contributed by atoms with van der Waals surface area (Å²) in [7, 11) is -4.13. The van der Waals surface area contributed by atoms with Crippen molar-refractivity contribution in [1.29, 1.82) is 0 Å². The van der Waals surface area contributed by atoms with Crippen molar-refractivity contribution in [3.63, 3.8) is 0 Å². The Morgan fingerprint density at radius 2 is 1.74 bits per heavy atom. The van der Waals surface area contributed by atoms with E-state index in [0.29, 0.717) is 25.3 Å². The molecule has 2 N–H and O–H groups in total. The standard InChI is InChI=1S/C26H35N5O6S/c1-2-3-19-37-23-8-6-22(7-9-23)29-15-17-31(18-16-29)38(35,36)26(25(33)28-34)10-13-30(14-11-26)24(32)21-5-4-12-27-20-21/h4-9,12,20,34H,2-3,10-11,13-19H2,1H3,(H,28,33). The summed E-state index contributed by atoms with van der Waals surface area (Å²) in [5.74, 6) is -0.440. The summed E-state index contributed by atoms with van der Waals surface area (Å²) in [6.45, 7) is 4.23. The Morgan fingerprint density at radius 1 is 1.05 bits per heavy atom. The molecule has 0 spiro atoms. The number of anilines is 1. The molecule has 38 heavy (non-hydrogen) atoms. The van der Waals surface area contributed by atoms with Crippen molar-refractivity contribution in [2.45, 2.75) is 37.4 Å². The predicted octanol–water partition coefficient (Wildman–Crippen LogP) is 1.89. The van der Waals surface area contributed by atoms with Gasteiger partial charge in [-0.3, -0.25) is 19.8 Å². The Bertz CT molecular complexity index is 1190. The van der Waals surface area contributed by atoms with Gasteiger partial charge in [-0.1, -0.05) is 13.3 Å². The summed E-state index contributed by atoms with van der Waals surface area (Å²) < 4.78 is 32.9. The monoisotopic (exact) mass is 545 g/mol. The molecule has 2 aliphatic heterocycles. The first-order chi connectivity index (χ1) is 18.3. The van der Waals surface area contributed by atoms with E-state index in [0.717, 1.165) is 24.3 Å². The van der Waals surface area contributed by atoms with Gasteiger partial charge < -0.3 is 14.5 Å². The predicted molar refractivity (Wildman–Crippen MR) is 142 cm³/mol. The highest BCUT2D eigenvalue weighted by atomic mass is 32.2. The number of ether oxygens (including phenoxy) is 1. The van der Waals surface area contributed by atoms with E-state index < -0.39 is 20.7 Å². The number of rotatable bonds is 9. The molecule has 0 bridgehead atoms. The van der Waals surface area contributed by atoms with Crippen LogP contribution in [0.5, 0.6) is 5.75 Å². The number of carbonyl (C=O) groups excluding carboxylic acids is 2. The highest BCUT2D eigenvalue weighted by Gasteiger charge is 2.55. The van der Waals surface area contributed by atoms with Crippen LogP contribution in [0.3, 0.4) is 0 Å². The van der Waals surface area contributed by atoms with Gasteiger partial charge in [-0.15, -0.1) is 0 Å². The number of hydroxylamine groups is 1. The zero-order valence-electron chi connectivity index (χ0n) is 21.6. The van der Waals surface area contributed by atoms with E-state index in [1.165, 1.54) is 15.4 Å². The van der Waals surface area contributed by atoms with E-state index in [2.05, 4.69) is 16.8 Å². The van der Waals surface area contributed by atoms with Gasteiger partial charge in [0.25, 0.3) is 11.8 Å². The lowest BCUT2D eigenvalue weighted by molar-refractivity contribution is -0.133. The molecular weight excluding hydrogens is 510 g/mol. The van der Waals surface area contributed by atoms with Crippen molar-refractivity contribution in [2.75, 3.05) is 50.8 Å². The molecule has 0 atom stereocenters. The number of benzene rings is 1. The third-order valence-corrected chi connectivity index (χ3v) is 9.95. The molecule has 2 saturated heterocycles. The number of sulfonamides is 1. The maximum Gasteiger partial charge on any atom is 0.266 e. The molecule has 2 amide bonds. The lowest BCUT2D eigenvalue weighted by Gasteiger charge is -2.44. The second kappa shape index (κ2) is 12.1. The summed E-state index contributed by atoms with van der Waals surface area (Å²) >= 11 is 0. The largest absolute Gasteiger partial charge is 0.494 e. The van der Waals surface area contributed by atoms with E-state index in [4.69, 9.17) is 4.74 Å². The summed E-state index contributed by atoms with van der Waals surface area (Å²) in [5.41, 5.74) is 2.94. The fourth-order valence-electron chi connectivity index (χ4n) is 4.97. The van der Waals surface area contributed by atoms with Gasteiger partial charge in [0.05, 0.1) is 12.2 Å². The van der Waals surface area contributed by atoms with Gasteiger partial charge in [-0.2, -0.15) is 4.31 Å². The maximum absolute atomic E-state index is 13.8. The number of likely N-dealkylation sites (tertiary alicyclic amines) is 1. The molecule has 12 heteroatoms. The number of pyridine rings is 1. The van der Waals surface area contributed by atoms with E-state index in [1.807, 2.05) is 24.3 Å². The SMILES string of the molecule is CCCCOc1ccc(N2CCN(S(=O)(=O)C3(C(=O)NO)CCN(C(=O)c4cccnc4)CC3)CC2)cc1. The minimum Gasteiger partial charge on any atom is -0.494 e. The number of unbranched alkanes of at least 4 members (excludes halogenated alkanes) is 1. The van der Waals surface area contributed by atoms with Crippen LogP contribution in [0.25, 0.3) is 0 Å². The first-order valence-corrected chi connectivity index (χ1v) is 14.4. The van der Waals surface area contributed by atoms with E-state index in [-0.39, 0.29) is 44.9 Å². The number of hydrogen-bond donors (Lipinski definition) is 2. The van der Waals surface area contributed by atoms with Crippen LogP contribution < -0.4 is 15.1 Å². The zero-order chi connectivity index (χ0) is 27.2. The number of amides is 2. The van der Waals surface area contributed by atoms with Crippen LogP contribution in [-0.2, 0) is 14.8 Å². The lowest BCUT2D eigenvalue weighted by Crippen LogP contribution is -2.64. The Morgan fingerprint density at radius 3 is 2.32 bits per heavy atom. The van der Waals surface area contributed by atoms with Gasteiger partial charge in [-0.25, -0.2) is 13.9 Å². The molecule has 11 nitrogen and oxygen atoms in total. The van der Waals surface area contributed by atoms with Gasteiger partial charge in [0, 0.05) is 57.3 Å². The van der Waals surface area contributed by atoms with E-state index >= 15 is 0 Å². The number of piperazine rings is 1. The number of hydrogen-bond acceptors (Lipinski definition) is 8. The van der Waals surface area contributed by atoms with Gasteiger partial charge in [0.2, 0.25) is 10.0 Å². The Hall–Kier alpha value is -3.22. The third kappa shape index (κ3) is 5.62. The minimum absolute atomic E-state index is 0.0625. The number of carbonyl (C=O) groups is 2. The van der Waals surface area contributed by atoms with Crippen molar-refractivity contribution >= 4 is 27.5 Å².